The van der Waals surface area contributed by atoms with Gasteiger partial charge in [0.15, 0.2) is 0 Å². The van der Waals surface area contributed by atoms with E-state index in [1.54, 1.807) is 12.1 Å². The van der Waals surface area contributed by atoms with E-state index in [1.165, 1.54) is 12.1 Å². The highest BCUT2D eigenvalue weighted by Crippen LogP contribution is 2.41. The highest BCUT2D eigenvalue weighted by molar-refractivity contribution is 5.87. The van der Waals surface area contributed by atoms with E-state index in [9.17, 15) is 18.0 Å². The summed E-state index contributed by atoms with van der Waals surface area (Å²) in [6.07, 6.45) is -1.78. The van der Waals surface area contributed by atoms with Gasteiger partial charge in [-0.15, -0.1) is 0 Å². The lowest BCUT2D eigenvalue weighted by molar-refractivity contribution is -0.195. The second kappa shape index (κ2) is 7.13. The molecule has 0 aromatic heterocycles. The Labute approximate surface area is 127 Å². The van der Waals surface area contributed by atoms with Crippen molar-refractivity contribution in [2.75, 3.05) is 6.54 Å². The van der Waals surface area contributed by atoms with Crippen molar-refractivity contribution in [1.29, 1.82) is 0 Å². The molecule has 1 saturated carbocycles. The standard InChI is InChI=1S/C16H20F3NO2/c17-16(18,19)14-4-2-1-3-13(14)10-20-9-11-5-7-12(8-6-11)15(21)22/h5-8,13-14,20H,1-4,9-10H2,(H,21,22)/t13-,14-/m1/s1. The smallest absolute Gasteiger partial charge is 0.392 e. The van der Waals surface area contributed by atoms with E-state index in [0.29, 0.717) is 25.9 Å². The third kappa shape index (κ3) is 4.47. The molecule has 2 N–H and O–H groups in total. The molecule has 0 unspecified atom stereocenters. The van der Waals surface area contributed by atoms with Crippen molar-refractivity contribution in [3.8, 4) is 0 Å². The summed E-state index contributed by atoms with van der Waals surface area (Å²) in [5.41, 5.74) is 1.07. The van der Waals surface area contributed by atoms with E-state index in [0.717, 1.165) is 12.0 Å². The van der Waals surface area contributed by atoms with Gasteiger partial charge in [0.2, 0.25) is 0 Å². The molecule has 0 bridgehead atoms. The number of aromatic carboxylic acids is 1. The van der Waals surface area contributed by atoms with Gasteiger partial charge in [-0.3, -0.25) is 0 Å². The minimum absolute atomic E-state index is 0.202. The van der Waals surface area contributed by atoms with Crippen molar-refractivity contribution in [1.82, 2.24) is 5.32 Å². The summed E-state index contributed by atoms with van der Waals surface area (Å²) < 4.78 is 38.9. The van der Waals surface area contributed by atoms with Gasteiger partial charge < -0.3 is 10.4 Å². The van der Waals surface area contributed by atoms with E-state index in [4.69, 9.17) is 5.11 Å². The summed E-state index contributed by atoms with van der Waals surface area (Å²) >= 11 is 0. The second-order valence-electron chi connectivity index (χ2n) is 5.83. The first-order chi connectivity index (χ1) is 10.4. The molecular weight excluding hydrogens is 295 g/mol. The number of nitrogens with one attached hydrogen (secondary N) is 1. The van der Waals surface area contributed by atoms with Crippen LogP contribution in [0, 0.1) is 11.8 Å². The first-order valence-corrected chi connectivity index (χ1v) is 7.47. The Balaban J connectivity index is 1.85. The average molecular weight is 315 g/mol. The molecule has 22 heavy (non-hydrogen) atoms. The average Bonchev–Trinajstić information content (AvgIpc) is 2.47. The van der Waals surface area contributed by atoms with Gasteiger partial charge in [0.25, 0.3) is 0 Å². The molecule has 1 aliphatic carbocycles. The van der Waals surface area contributed by atoms with Gasteiger partial charge in [-0.25, -0.2) is 4.79 Å². The number of carbonyl (C=O) groups is 1. The number of halogens is 3. The molecule has 1 aromatic rings. The Kier molecular flexibility index (Phi) is 5.45. The number of rotatable bonds is 5. The zero-order chi connectivity index (χ0) is 16.2. The van der Waals surface area contributed by atoms with Crippen LogP contribution in [0.15, 0.2) is 24.3 Å². The molecule has 0 radical (unpaired) electrons. The Bertz CT molecular complexity index is 499. The molecule has 2 rings (SSSR count). The Morgan fingerprint density at radius 1 is 1.18 bits per heavy atom. The van der Waals surface area contributed by atoms with Crippen molar-refractivity contribution in [2.45, 2.75) is 38.4 Å². The molecule has 0 saturated heterocycles. The van der Waals surface area contributed by atoms with Crippen LogP contribution >= 0.6 is 0 Å². The minimum atomic E-state index is -4.12. The zero-order valence-corrected chi connectivity index (χ0v) is 12.2. The fourth-order valence-corrected chi connectivity index (χ4v) is 3.05. The summed E-state index contributed by atoms with van der Waals surface area (Å²) in [5, 5.41) is 11.9. The predicted octanol–water partition coefficient (Wildman–Crippen LogP) is 3.84. The summed E-state index contributed by atoms with van der Waals surface area (Å²) in [6.45, 7) is 0.784. The Morgan fingerprint density at radius 3 is 2.41 bits per heavy atom. The first kappa shape index (κ1) is 16.8. The quantitative estimate of drug-likeness (QED) is 0.868. The fourth-order valence-electron chi connectivity index (χ4n) is 3.05. The highest BCUT2D eigenvalue weighted by atomic mass is 19.4. The van der Waals surface area contributed by atoms with Crippen molar-refractivity contribution >= 4 is 5.97 Å². The van der Waals surface area contributed by atoms with Gasteiger partial charge in [0, 0.05) is 6.54 Å². The van der Waals surface area contributed by atoms with Crippen molar-refractivity contribution in [3.05, 3.63) is 35.4 Å². The number of alkyl halides is 3. The fraction of sp³-hybridized carbons (Fsp3) is 0.562. The van der Waals surface area contributed by atoms with Crippen molar-refractivity contribution in [3.63, 3.8) is 0 Å². The highest BCUT2D eigenvalue weighted by Gasteiger charge is 2.44. The third-order valence-electron chi connectivity index (χ3n) is 4.27. The molecule has 0 heterocycles. The lowest BCUT2D eigenvalue weighted by Gasteiger charge is -2.33. The summed E-state index contributed by atoms with van der Waals surface area (Å²) in [7, 11) is 0. The lowest BCUT2D eigenvalue weighted by Crippen LogP contribution is -2.38. The monoisotopic (exact) mass is 315 g/mol. The van der Waals surface area contributed by atoms with Crippen LogP contribution in [0.5, 0.6) is 0 Å². The lowest BCUT2D eigenvalue weighted by atomic mass is 9.78. The van der Waals surface area contributed by atoms with E-state index in [1.807, 2.05) is 0 Å². The van der Waals surface area contributed by atoms with Gasteiger partial charge in [0.1, 0.15) is 0 Å². The summed E-state index contributed by atoms with van der Waals surface area (Å²) in [5.74, 6) is -2.56. The predicted molar refractivity (Wildman–Crippen MR) is 76.6 cm³/mol. The molecule has 1 fully saturated rings. The van der Waals surface area contributed by atoms with Crippen LogP contribution in [0.3, 0.4) is 0 Å². The van der Waals surface area contributed by atoms with Crippen LogP contribution in [0.2, 0.25) is 0 Å². The first-order valence-electron chi connectivity index (χ1n) is 7.47. The second-order valence-corrected chi connectivity index (χ2v) is 5.83. The normalized spacial score (nSPS) is 22.5. The van der Waals surface area contributed by atoms with Crippen molar-refractivity contribution in [2.24, 2.45) is 11.8 Å². The van der Waals surface area contributed by atoms with E-state index in [2.05, 4.69) is 5.32 Å². The van der Waals surface area contributed by atoms with Gasteiger partial charge in [0.05, 0.1) is 11.5 Å². The number of benzene rings is 1. The molecule has 122 valence electrons. The van der Waals surface area contributed by atoms with Gasteiger partial charge in [-0.05, 0) is 43.0 Å². The SMILES string of the molecule is O=C(O)c1ccc(CNC[C@H]2CCCC[C@H]2C(F)(F)F)cc1. The minimum Gasteiger partial charge on any atom is -0.478 e. The molecule has 0 spiro atoms. The van der Waals surface area contributed by atoms with E-state index in [-0.39, 0.29) is 17.9 Å². The largest absolute Gasteiger partial charge is 0.478 e. The maximum absolute atomic E-state index is 13.0. The summed E-state index contributed by atoms with van der Waals surface area (Å²) in [6, 6.07) is 6.36. The maximum Gasteiger partial charge on any atom is 0.392 e. The van der Waals surface area contributed by atoms with Crippen LogP contribution in [0.4, 0.5) is 13.2 Å². The van der Waals surface area contributed by atoms with Gasteiger partial charge in [-0.2, -0.15) is 13.2 Å². The molecule has 6 heteroatoms. The van der Waals surface area contributed by atoms with Crippen molar-refractivity contribution < 1.29 is 23.1 Å². The van der Waals surface area contributed by atoms with E-state index < -0.39 is 18.1 Å². The van der Waals surface area contributed by atoms with Crippen LogP contribution in [0.1, 0.15) is 41.6 Å². The zero-order valence-electron chi connectivity index (χ0n) is 12.2. The van der Waals surface area contributed by atoms with Gasteiger partial charge >= 0.3 is 12.1 Å². The van der Waals surface area contributed by atoms with E-state index >= 15 is 0 Å². The van der Waals surface area contributed by atoms with Crippen LogP contribution < -0.4 is 5.32 Å². The number of carboxylic acids is 1. The molecule has 2 atom stereocenters. The molecule has 1 aliphatic rings. The number of carboxylic acid groups (broad SMARTS) is 1. The Morgan fingerprint density at radius 2 is 1.82 bits per heavy atom. The molecule has 1 aromatic carbocycles. The number of hydrogen-bond donors (Lipinski definition) is 2. The topological polar surface area (TPSA) is 49.3 Å². The molecule has 0 aliphatic heterocycles. The number of hydrogen-bond acceptors (Lipinski definition) is 2. The molecular formula is C16H20F3NO2. The Hall–Kier alpha value is -1.56. The maximum atomic E-state index is 13.0. The van der Waals surface area contributed by atoms with Crippen LogP contribution in [-0.4, -0.2) is 23.8 Å². The molecule has 0 amide bonds. The summed E-state index contributed by atoms with van der Waals surface area (Å²) in [4.78, 5) is 10.7. The van der Waals surface area contributed by atoms with Crippen LogP contribution in [0.25, 0.3) is 0 Å². The third-order valence-corrected chi connectivity index (χ3v) is 4.27. The molecule has 3 nitrogen and oxygen atoms in total. The van der Waals surface area contributed by atoms with Crippen LogP contribution in [-0.2, 0) is 6.54 Å². The van der Waals surface area contributed by atoms with Gasteiger partial charge in [-0.1, -0.05) is 25.0 Å².